The van der Waals surface area contributed by atoms with Gasteiger partial charge in [-0.3, -0.25) is 19.7 Å². The number of anilines is 1. The number of fused-ring (bicyclic) bond motifs is 1. The summed E-state index contributed by atoms with van der Waals surface area (Å²) in [6.07, 6.45) is -0.157. The highest BCUT2D eigenvalue weighted by Crippen LogP contribution is 2.31. The Balaban J connectivity index is 1.75. The summed E-state index contributed by atoms with van der Waals surface area (Å²) in [4.78, 5) is 42.1. The van der Waals surface area contributed by atoms with Gasteiger partial charge < -0.3 is 15.4 Å². The normalized spacial score (nSPS) is 10.8. The van der Waals surface area contributed by atoms with Crippen LogP contribution in [-0.4, -0.2) is 39.4 Å². The molecule has 0 radical (unpaired) electrons. The number of halogens is 2. The number of H-pyrrole nitrogens is 1. The number of hydrogen-bond acceptors (Lipinski definition) is 5. The Morgan fingerprint density at radius 1 is 1.21 bits per heavy atom. The molecular weight excluding hydrogens is 427 g/mol. The van der Waals surface area contributed by atoms with E-state index in [1.165, 1.54) is 11.3 Å². The molecule has 11 heteroatoms. The lowest BCUT2D eigenvalue weighted by Gasteiger charge is -2.03. The zero-order chi connectivity index (χ0) is 20.4. The first-order valence-corrected chi connectivity index (χ1v) is 9.59. The van der Waals surface area contributed by atoms with Gasteiger partial charge in [-0.1, -0.05) is 34.5 Å². The van der Waals surface area contributed by atoms with E-state index in [1.807, 2.05) is 0 Å². The third-order valence-electron chi connectivity index (χ3n) is 3.78. The number of carboxylic acids is 1. The van der Waals surface area contributed by atoms with E-state index in [0.717, 1.165) is 0 Å². The zero-order valence-electron chi connectivity index (χ0n) is 14.4. The highest BCUT2D eigenvalue weighted by Gasteiger charge is 2.19. The van der Waals surface area contributed by atoms with Crippen LogP contribution in [0.1, 0.15) is 33.0 Å². The van der Waals surface area contributed by atoms with E-state index >= 15 is 0 Å². The molecule has 2 aromatic heterocycles. The Kier molecular flexibility index (Phi) is 5.87. The van der Waals surface area contributed by atoms with Gasteiger partial charge in [0.15, 0.2) is 5.13 Å². The van der Waals surface area contributed by atoms with E-state index in [9.17, 15) is 14.4 Å². The van der Waals surface area contributed by atoms with Crippen LogP contribution in [0.4, 0.5) is 5.13 Å². The van der Waals surface area contributed by atoms with Crippen molar-refractivity contribution in [3.8, 4) is 0 Å². The summed E-state index contributed by atoms with van der Waals surface area (Å²) in [6, 6.07) is 4.85. The molecule has 2 amide bonds. The minimum atomic E-state index is -0.989. The predicted molar refractivity (Wildman–Crippen MR) is 108 cm³/mol. The summed E-state index contributed by atoms with van der Waals surface area (Å²) in [7, 11) is 0. The molecule has 0 saturated heterocycles. The minimum absolute atomic E-state index is 0.0368. The van der Waals surface area contributed by atoms with Crippen molar-refractivity contribution in [2.24, 2.45) is 0 Å². The fourth-order valence-corrected chi connectivity index (χ4v) is 3.71. The number of carboxylic acid groups (broad SMARTS) is 1. The van der Waals surface area contributed by atoms with Crippen LogP contribution in [0, 0.1) is 6.92 Å². The van der Waals surface area contributed by atoms with Crippen molar-refractivity contribution in [3.63, 3.8) is 0 Å². The third kappa shape index (κ3) is 4.27. The molecule has 0 spiro atoms. The predicted octanol–water partition coefficient (Wildman–Crippen LogP) is 3.70. The van der Waals surface area contributed by atoms with E-state index in [2.05, 4.69) is 20.6 Å². The average Bonchev–Trinajstić information content (AvgIpc) is 3.15. The minimum Gasteiger partial charge on any atom is -0.481 e. The smallest absolute Gasteiger partial charge is 0.305 e. The molecule has 28 heavy (non-hydrogen) atoms. The van der Waals surface area contributed by atoms with Crippen LogP contribution >= 0.6 is 34.5 Å². The summed E-state index contributed by atoms with van der Waals surface area (Å²) in [5, 5.41) is 14.6. The molecule has 0 saturated carbocycles. The van der Waals surface area contributed by atoms with Gasteiger partial charge in [-0.05, 0) is 25.1 Å². The molecule has 3 rings (SSSR count). The van der Waals surface area contributed by atoms with Crippen LogP contribution in [0.25, 0.3) is 10.2 Å². The van der Waals surface area contributed by atoms with Gasteiger partial charge in [0.2, 0.25) is 0 Å². The van der Waals surface area contributed by atoms with Crippen molar-refractivity contribution in [2.75, 3.05) is 11.9 Å². The second kappa shape index (κ2) is 8.17. The number of aromatic amines is 1. The molecule has 2 heterocycles. The van der Waals surface area contributed by atoms with Crippen molar-refractivity contribution in [3.05, 3.63) is 45.2 Å². The number of hydrogen-bond donors (Lipinski definition) is 4. The van der Waals surface area contributed by atoms with E-state index in [0.29, 0.717) is 26.6 Å². The largest absolute Gasteiger partial charge is 0.481 e. The number of aliphatic carboxylic acids is 1. The monoisotopic (exact) mass is 440 g/mol. The van der Waals surface area contributed by atoms with Crippen LogP contribution in [0.3, 0.4) is 0 Å². The maximum Gasteiger partial charge on any atom is 0.305 e. The summed E-state index contributed by atoms with van der Waals surface area (Å²) in [5.41, 5.74) is 1.70. The number of rotatable bonds is 6. The van der Waals surface area contributed by atoms with Gasteiger partial charge in [0.1, 0.15) is 5.69 Å². The quantitative estimate of drug-likeness (QED) is 0.465. The van der Waals surface area contributed by atoms with Gasteiger partial charge in [0.05, 0.1) is 26.7 Å². The number of thiazole rings is 1. The fourth-order valence-electron chi connectivity index (χ4n) is 2.39. The number of amides is 2. The molecule has 146 valence electrons. The van der Waals surface area contributed by atoms with Gasteiger partial charge in [0, 0.05) is 17.8 Å². The molecule has 0 aliphatic carbocycles. The number of carbonyl (C=O) groups is 3. The van der Waals surface area contributed by atoms with Crippen LogP contribution in [0.5, 0.6) is 0 Å². The first-order valence-electron chi connectivity index (χ1n) is 8.01. The van der Waals surface area contributed by atoms with Crippen molar-refractivity contribution >= 4 is 67.7 Å². The second-order valence-corrected chi connectivity index (χ2v) is 7.59. The van der Waals surface area contributed by atoms with Gasteiger partial charge >= 0.3 is 5.97 Å². The second-order valence-electron chi connectivity index (χ2n) is 5.81. The van der Waals surface area contributed by atoms with Crippen LogP contribution in [0.15, 0.2) is 18.2 Å². The number of aromatic nitrogens is 2. The standard InChI is InChI=1S/C17H14Cl2N4O4S/c1-7-12(18)13(19)14(21-7)16(27)23-17-22-9-3-2-8(6-10(9)28-17)15(26)20-5-4-11(24)25/h2-3,6,21H,4-5H2,1H3,(H,20,26)(H,24,25)(H,22,23,27). The van der Waals surface area contributed by atoms with Gasteiger partial charge in [0.25, 0.3) is 11.8 Å². The maximum absolute atomic E-state index is 12.4. The molecular formula is C17H14Cl2N4O4S. The molecule has 0 bridgehead atoms. The number of benzene rings is 1. The summed E-state index contributed by atoms with van der Waals surface area (Å²) < 4.78 is 0.688. The SMILES string of the molecule is Cc1[nH]c(C(=O)Nc2nc3ccc(C(=O)NCCC(=O)O)cc3s2)c(Cl)c1Cl. The molecule has 3 aromatic rings. The highest BCUT2D eigenvalue weighted by molar-refractivity contribution is 7.22. The van der Waals surface area contributed by atoms with Gasteiger partial charge in [-0.25, -0.2) is 4.98 Å². The fraction of sp³-hybridized carbons (Fsp3) is 0.176. The molecule has 0 unspecified atom stereocenters. The first-order chi connectivity index (χ1) is 13.3. The summed E-state index contributed by atoms with van der Waals surface area (Å²) in [6.45, 7) is 1.74. The van der Waals surface area contributed by atoms with Crippen molar-refractivity contribution in [1.29, 1.82) is 0 Å². The van der Waals surface area contributed by atoms with Crippen molar-refractivity contribution in [1.82, 2.24) is 15.3 Å². The Bertz CT molecular complexity index is 1090. The Morgan fingerprint density at radius 2 is 1.96 bits per heavy atom. The number of nitrogens with zero attached hydrogens (tertiary/aromatic N) is 1. The van der Waals surface area contributed by atoms with Crippen molar-refractivity contribution < 1.29 is 19.5 Å². The molecule has 0 fully saturated rings. The zero-order valence-corrected chi connectivity index (χ0v) is 16.8. The van der Waals surface area contributed by atoms with E-state index in [4.69, 9.17) is 28.3 Å². The molecule has 0 atom stereocenters. The molecule has 8 nitrogen and oxygen atoms in total. The van der Waals surface area contributed by atoms with Crippen LogP contribution in [-0.2, 0) is 4.79 Å². The van der Waals surface area contributed by atoms with Gasteiger partial charge in [-0.15, -0.1) is 0 Å². The van der Waals surface area contributed by atoms with Gasteiger partial charge in [-0.2, -0.15) is 0 Å². The maximum atomic E-state index is 12.4. The van der Waals surface area contributed by atoms with E-state index < -0.39 is 11.9 Å². The Morgan fingerprint density at radius 3 is 2.61 bits per heavy atom. The average molecular weight is 441 g/mol. The number of carbonyl (C=O) groups excluding carboxylic acids is 2. The Hall–Kier alpha value is -2.62. The number of nitrogens with one attached hydrogen (secondary N) is 3. The van der Waals surface area contributed by atoms with E-state index in [1.54, 1.807) is 25.1 Å². The Labute approximate surface area is 172 Å². The number of aryl methyl sites for hydroxylation is 1. The lowest BCUT2D eigenvalue weighted by atomic mass is 10.2. The first kappa shape index (κ1) is 20.1. The topological polar surface area (TPSA) is 124 Å². The van der Waals surface area contributed by atoms with E-state index in [-0.39, 0.29) is 34.6 Å². The molecule has 1 aromatic carbocycles. The molecule has 0 aliphatic rings. The molecule has 0 aliphatic heterocycles. The highest BCUT2D eigenvalue weighted by atomic mass is 35.5. The van der Waals surface area contributed by atoms with Crippen molar-refractivity contribution in [2.45, 2.75) is 13.3 Å². The molecule has 4 N–H and O–H groups in total. The lowest BCUT2D eigenvalue weighted by molar-refractivity contribution is -0.136. The van der Waals surface area contributed by atoms with Crippen LogP contribution < -0.4 is 10.6 Å². The third-order valence-corrected chi connectivity index (χ3v) is 5.66. The lowest BCUT2D eigenvalue weighted by Crippen LogP contribution is -2.25. The summed E-state index contributed by atoms with van der Waals surface area (Å²) in [5.74, 6) is -1.85. The van der Waals surface area contributed by atoms with Crippen LogP contribution in [0.2, 0.25) is 10.0 Å². The summed E-state index contributed by atoms with van der Waals surface area (Å²) >= 11 is 13.2.